The van der Waals surface area contributed by atoms with Crippen molar-refractivity contribution in [3.63, 3.8) is 0 Å². The monoisotopic (exact) mass is 305 g/mol. The van der Waals surface area contributed by atoms with Crippen LogP contribution in [0.1, 0.15) is 22.8 Å². The highest BCUT2D eigenvalue weighted by Gasteiger charge is 2.23. The molecular weight excluding hydrogens is 286 g/mol. The standard InChI is InChI=1S/C20H19NO2/c22-19-14-21(13-17-6-1-2-8-18(17)19)12-15-5-3-7-16(11-15)20-9-4-10-23-20/h1-11,19,22H,12-14H2/t19-/m0/s1. The molecule has 0 radical (unpaired) electrons. The van der Waals surface area contributed by atoms with E-state index in [2.05, 4.69) is 35.2 Å². The van der Waals surface area contributed by atoms with E-state index in [1.807, 2.05) is 30.3 Å². The number of aliphatic hydroxyl groups excluding tert-OH is 1. The van der Waals surface area contributed by atoms with Crippen LogP contribution in [-0.4, -0.2) is 16.6 Å². The van der Waals surface area contributed by atoms with E-state index in [4.69, 9.17) is 4.42 Å². The summed E-state index contributed by atoms with van der Waals surface area (Å²) in [7, 11) is 0. The Morgan fingerprint density at radius 1 is 1.04 bits per heavy atom. The summed E-state index contributed by atoms with van der Waals surface area (Å²) in [4.78, 5) is 2.29. The predicted octanol–water partition coefficient (Wildman–Crippen LogP) is 4.00. The zero-order chi connectivity index (χ0) is 15.6. The fourth-order valence-electron chi connectivity index (χ4n) is 3.30. The lowest BCUT2D eigenvalue weighted by Crippen LogP contribution is -2.33. The van der Waals surface area contributed by atoms with Crippen LogP contribution in [0.25, 0.3) is 11.3 Å². The van der Waals surface area contributed by atoms with Crippen molar-refractivity contribution in [2.45, 2.75) is 19.2 Å². The van der Waals surface area contributed by atoms with Crippen LogP contribution in [0.3, 0.4) is 0 Å². The van der Waals surface area contributed by atoms with Crippen LogP contribution in [-0.2, 0) is 13.1 Å². The second-order valence-corrected chi connectivity index (χ2v) is 6.06. The molecule has 23 heavy (non-hydrogen) atoms. The lowest BCUT2D eigenvalue weighted by Gasteiger charge is -2.32. The van der Waals surface area contributed by atoms with E-state index >= 15 is 0 Å². The summed E-state index contributed by atoms with van der Waals surface area (Å²) in [5.74, 6) is 0.885. The number of furan rings is 1. The van der Waals surface area contributed by atoms with Crippen molar-refractivity contribution in [3.8, 4) is 11.3 Å². The first-order chi connectivity index (χ1) is 11.3. The van der Waals surface area contributed by atoms with Gasteiger partial charge in [-0.05, 0) is 34.9 Å². The Kier molecular flexibility index (Phi) is 3.74. The third-order valence-corrected chi connectivity index (χ3v) is 4.38. The van der Waals surface area contributed by atoms with Gasteiger partial charge in [-0.1, -0.05) is 42.5 Å². The van der Waals surface area contributed by atoms with Crippen LogP contribution >= 0.6 is 0 Å². The molecular formula is C20H19NO2. The molecule has 3 heteroatoms. The van der Waals surface area contributed by atoms with E-state index in [1.165, 1.54) is 11.1 Å². The minimum Gasteiger partial charge on any atom is -0.464 e. The number of nitrogens with zero attached hydrogens (tertiary/aromatic N) is 1. The van der Waals surface area contributed by atoms with Gasteiger partial charge in [0.25, 0.3) is 0 Å². The van der Waals surface area contributed by atoms with Gasteiger partial charge < -0.3 is 9.52 Å². The fourth-order valence-corrected chi connectivity index (χ4v) is 3.30. The topological polar surface area (TPSA) is 36.6 Å². The number of hydrogen-bond acceptors (Lipinski definition) is 3. The first-order valence-electron chi connectivity index (χ1n) is 7.90. The average Bonchev–Trinajstić information content (AvgIpc) is 3.10. The Balaban J connectivity index is 1.54. The molecule has 3 aromatic rings. The quantitative estimate of drug-likeness (QED) is 0.794. The number of β-amino-alcohol motifs (C(OH)–C–C–N with tert-alkyl or cyclic N) is 1. The predicted molar refractivity (Wildman–Crippen MR) is 89.7 cm³/mol. The highest BCUT2D eigenvalue weighted by molar-refractivity contribution is 5.58. The van der Waals surface area contributed by atoms with Gasteiger partial charge in [0.15, 0.2) is 0 Å². The Hall–Kier alpha value is -2.36. The van der Waals surface area contributed by atoms with E-state index < -0.39 is 6.10 Å². The molecule has 1 aliphatic heterocycles. The molecule has 1 atom stereocenters. The smallest absolute Gasteiger partial charge is 0.133 e. The van der Waals surface area contributed by atoms with Crippen molar-refractivity contribution >= 4 is 0 Å². The van der Waals surface area contributed by atoms with Gasteiger partial charge in [-0.15, -0.1) is 0 Å². The first-order valence-corrected chi connectivity index (χ1v) is 7.90. The molecule has 2 heterocycles. The maximum absolute atomic E-state index is 10.4. The summed E-state index contributed by atoms with van der Waals surface area (Å²) in [5, 5.41) is 10.4. The van der Waals surface area contributed by atoms with Crippen LogP contribution in [0.4, 0.5) is 0 Å². The fraction of sp³-hybridized carbons (Fsp3) is 0.200. The van der Waals surface area contributed by atoms with Gasteiger partial charge in [0.2, 0.25) is 0 Å². The normalized spacial score (nSPS) is 17.9. The van der Waals surface area contributed by atoms with Gasteiger partial charge in [-0.25, -0.2) is 0 Å². The molecule has 0 saturated carbocycles. The van der Waals surface area contributed by atoms with E-state index in [0.717, 1.165) is 30.0 Å². The molecule has 0 fully saturated rings. The molecule has 0 spiro atoms. The molecule has 0 bridgehead atoms. The Morgan fingerprint density at radius 3 is 2.83 bits per heavy atom. The molecule has 2 aromatic carbocycles. The molecule has 1 aliphatic rings. The van der Waals surface area contributed by atoms with Crippen molar-refractivity contribution < 1.29 is 9.52 Å². The molecule has 0 unspecified atom stereocenters. The van der Waals surface area contributed by atoms with Crippen LogP contribution in [0.15, 0.2) is 71.3 Å². The number of aliphatic hydroxyl groups is 1. The summed E-state index contributed by atoms with van der Waals surface area (Å²) in [6.45, 7) is 2.36. The highest BCUT2D eigenvalue weighted by atomic mass is 16.3. The molecule has 0 aliphatic carbocycles. The van der Waals surface area contributed by atoms with Gasteiger partial charge in [-0.2, -0.15) is 0 Å². The summed E-state index contributed by atoms with van der Waals surface area (Å²) < 4.78 is 5.47. The van der Waals surface area contributed by atoms with Gasteiger partial charge in [0.05, 0.1) is 12.4 Å². The van der Waals surface area contributed by atoms with Crippen molar-refractivity contribution in [1.82, 2.24) is 4.90 Å². The summed E-state index contributed by atoms with van der Waals surface area (Å²) in [6, 6.07) is 20.4. The van der Waals surface area contributed by atoms with Crippen LogP contribution < -0.4 is 0 Å². The first kappa shape index (κ1) is 14.2. The maximum Gasteiger partial charge on any atom is 0.133 e. The Bertz CT molecular complexity index is 795. The van der Waals surface area contributed by atoms with E-state index in [0.29, 0.717) is 6.54 Å². The van der Waals surface area contributed by atoms with Crippen LogP contribution in [0, 0.1) is 0 Å². The minimum absolute atomic E-state index is 0.409. The van der Waals surface area contributed by atoms with Gasteiger partial charge in [0, 0.05) is 25.2 Å². The number of benzene rings is 2. The van der Waals surface area contributed by atoms with Gasteiger partial charge >= 0.3 is 0 Å². The van der Waals surface area contributed by atoms with E-state index in [-0.39, 0.29) is 0 Å². The minimum atomic E-state index is -0.409. The van der Waals surface area contributed by atoms with Crippen molar-refractivity contribution in [2.75, 3.05) is 6.54 Å². The largest absolute Gasteiger partial charge is 0.464 e. The summed E-state index contributed by atoms with van der Waals surface area (Å²) in [6.07, 6.45) is 1.29. The lowest BCUT2D eigenvalue weighted by molar-refractivity contribution is 0.0882. The lowest BCUT2D eigenvalue weighted by atomic mass is 9.97. The molecule has 0 amide bonds. The average molecular weight is 305 g/mol. The number of rotatable bonds is 3. The molecule has 1 aromatic heterocycles. The van der Waals surface area contributed by atoms with Gasteiger partial charge in [-0.3, -0.25) is 4.90 Å². The Morgan fingerprint density at radius 2 is 1.96 bits per heavy atom. The van der Waals surface area contributed by atoms with Crippen molar-refractivity contribution in [3.05, 3.63) is 83.6 Å². The SMILES string of the molecule is O[C@H]1CN(Cc2cccc(-c3ccco3)c2)Cc2ccccc21. The maximum atomic E-state index is 10.4. The van der Waals surface area contributed by atoms with Crippen LogP contribution in [0.2, 0.25) is 0 Å². The summed E-state index contributed by atoms with van der Waals surface area (Å²) >= 11 is 0. The molecule has 116 valence electrons. The second kappa shape index (κ2) is 6.03. The summed E-state index contributed by atoms with van der Waals surface area (Å²) in [5.41, 5.74) is 4.59. The highest BCUT2D eigenvalue weighted by Crippen LogP contribution is 2.28. The van der Waals surface area contributed by atoms with Crippen LogP contribution in [0.5, 0.6) is 0 Å². The zero-order valence-electron chi connectivity index (χ0n) is 12.9. The van der Waals surface area contributed by atoms with Gasteiger partial charge in [0.1, 0.15) is 5.76 Å². The Labute approximate surface area is 135 Å². The third kappa shape index (κ3) is 2.93. The molecule has 3 nitrogen and oxygen atoms in total. The van der Waals surface area contributed by atoms with E-state index in [9.17, 15) is 5.11 Å². The number of hydrogen-bond donors (Lipinski definition) is 1. The number of fused-ring (bicyclic) bond motifs is 1. The third-order valence-electron chi connectivity index (χ3n) is 4.38. The molecule has 0 saturated heterocycles. The molecule has 1 N–H and O–H groups in total. The van der Waals surface area contributed by atoms with E-state index in [1.54, 1.807) is 6.26 Å². The van der Waals surface area contributed by atoms with Crippen molar-refractivity contribution in [2.24, 2.45) is 0 Å². The van der Waals surface area contributed by atoms with Crippen molar-refractivity contribution in [1.29, 1.82) is 0 Å². The second-order valence-electron chi connectivity index (χ2n) is 6.06. The zero-order valence-corrected chi connectivity index (χ0v) is 12.9. The molecule has 4 rings (SSSR count).